The van der Waals surface area contributed by atoms with Gasteiger partial charge >= 0.3 is 0 Å². The molecule has 1 aromatic carbocycles. The number of rotatable bonds is 1. The Labute approximate surface area is 114 Å². The van der Waals surface area contributed by atoms with E-state index in [0.717, 1.165) is 43.9 Å². The van der Waals surface area contributed by atoms with Crippen LogP contribution in [0.2, 0.25) is 0 Å². The fraction of sp³-hybridized carbons (Fsp3) is 0.533. The monoisotopic (exact) mass is 259 g/mol. The number of hydrogen-bond acceptors (Lipinski definition) is 3. The van der Waals surface area contributed by atoms with E-state index >= 15 is 0 Å². The molecule has 1 amide bonds. The number of hydrogen-bond donors (Lipinski definition) is 1. The summed E-state index contributed by atoms with van der Waals surface area (Å²) in [5, 5.41) is 3.35. The number of para-hydroxylation sites is 2. The van der Waals surface area contributed by atoms with Gasteiger partial charge in [-0.1, -0.05) is 18.6 Å². The first kappa shape index (κ1) is 12.5. The van der Waals surface area contributed by atoms with Gasteiger partial charge in [0, 0.05) is 20.1 Å². The van der Waals surface area contributed by atoms with Gasteiger partial charge in [-0.05, 0) is 31.5 Å². The number of amides is 1. The maximum Gasteiger partial charge on any atom is 0.244 e. The molecule has 1 N–H and O–H groups in total. The molecule has 19 heavy (non-hydrogen) atoms. The molecule has 4 nitrogen and oxygen atoms in total. The van der Waals surface area contributed by atoms with Crippen LogP contribution in [-0.4, -0.2) is 38.6 Å². The number of benzene rings is 1. The van der Waals surface area contributed by atoms with Crippen LogP contribution in [0.1, 0.15) is 19.3 Å². The average Bonchev–Trinajstić information content (AvgIpc) is 2.48. The number of nitrogens with zero attached hydrogens (tertiary/aromatic N) is 2. The third-order valence-corrected chi connectivity index (χ3v) is 4.12. The Kier molecular flexibility index (Phi) is 3.42. The van der Waals surface area contributed by atoms with E-state index < -0.39 is 0 Å². The number of fused-ring (bicyclic) bond motifs is 1. The third kappa shape index (κ3) is 2.32. The van der Waals surface area contributed by atoms with Crippen molar-refractivity contribution in [2.75, 3.05) is 36.5 Å². The number of carbonyl (C=O) groups is 1. The summed E-state index contributed by atoms with van der Waals surface area (Å²) in [6.45, 7) is 2.64. The van der Waals surface area contributed by atoms with Crippen molar-refractivity contribution in [2.45, 2.75) is 25.3 Å². The summed E-state index contributed by atoms with van der Waals surface area (Å²) in [5.41, 5.74) is 2.20. The second kappa shape index (κ2) is 5.21. The van der Waals surface area contributed by atoms with Gasteiger partial charge in [0.05, 0.1) is 17.4 Å². The zero-order valence-electron chi connectivity index (χ0n) is 11.4. The number of nitrogens with one attached hydrogen (secondary N) is 1. The van der Waals surface area contributed by atoms with Gasteiger partial charge in [0.1, 0.15) is 0 Å². The molecule has 0 bridgehead atoms. The number of anilines is 2. The van der Waals surface area contributed by atoms with Gasteiger partial charge in [-0.2, -0.15) is 0 Å². The molecular weight excluding hydrogens is 238 g/mol. The lowest BCUT2D eigenvalue weighted by Crippen LogP contribution is -2.52. The van der Waals surface area contributed by atoms with Gasteiger partial charge < -0.3 is 15.1 Å². The molecule has 2 heterocycles. The fourth-order valence-corrected chi connectivity index (χ4v) is 2.99. The molecule has 1 saturated heterocycles. The van der Waals surface area contributed by atoms with E-state index in [-0.39, 0.29) is 11.9 Å². The molecule has 0 spiro atoms. The van der Waals surface area contributed by atoms with Crippen molar-refractivity contribution in [2.24, 2.45) is 0 Å². The number of carbonyl (C=O) groups excluding carboxylic acids is 1. The van der Waals surface area contributed by atoms with Gasteiger partial charge in [-0.25, -0.2) is 0 Å². The molecule has 2 aliphatic heterocycles. The minimum atomic E-state index is 0.00483. The molecule has 0 aliphatic carbocycles. The highest BCUT2D eigenvalue weighted by Gasteiger charge is 2.30. The Balaban J connectivity index is 1.85. The lowest BCUT2D eigenvalue weighted by Gasteiger charge is -2.38. The van der Waals surface area contributed by atoms with Crippen LogP contribution in [0.3, 0.4) is 0 Å². The fourth-order valence-electron chi connectivity index (χ4n) is 2.99. The van der Waals surface area contributed by atoms with E-state index in [4.69, 9.17) is 0 Å². The van der Waals surface area contributed by atoms with Crippen molar-refractivity contribution in [1.82, 2.24) is 5.32 Å². The summed E-state index contributed by atoms with van der Waals surface area (Å²) in [6.07, 6.45) is 3.30. The summed E-state index contributed by atoms with van der Waals surface area (Å²) < 4.78 is 0. The molecule has 1 atom stereocenters. The summed E-state index contributed by atoms with van der Waals surface area (Å²) in [6, 6.07) is 8.17. The van der Waals surface area contributed by atoms with Crippen molar-refractivity contribution in [3.8, 4) is 0 Å². The van der Waals surface area contributed by atoms with E-state index in [1.807, 2.05) is 23.1 Å². The molecule has 1 fully saturated rings. The number of piperidine rings is 1. The Morgan fingerprint density at radius 3 is 2.74 bits per heavy atom. The molecule has 2 aliphatic rings. The highest BCUT2D eigenvalue weighted by atomic mass is 16.2. The molecule has 1 unspecified atom stereocenters. The van der Waals surface area contributed by atoms with Crippen LogP contribution in [-0.2, 0) is 4.79 Å². The Morgan fingerprint density at radius 1 is 1.21 bits per heavy atom. The minimum absolute atomic E-state index is 0.00483. The zero-order chi connectivity index (χ0) is 13.2. The van der Waals surface area contributed by atoms with Crippen LogP contribution in [0, 0.1) is 0 Å². The van der Waals surface area contributed by atoms with E-state index in [0.29, 0.717) is 0 Å². The second-order valence-corrected chi connectivity index (χ2v) is 5.40. The highest BCUT2D eigenvalue weighted by Crippen LogP contribution is 2.32. The third-order valence-electron chi connectivity index (χ3n) is 4.12. The predicted octanol–water partition coefficient (Wildman–Crippen LogP) is 1.61. The molecule has 4 heteroatoms. The van der Waals surface area contributed by atoms with Gasteiger partial charge in [0.2, 0.25) is 5.91 Å². The first-order chi connectivity index (χ1) is 9.27. The van der Waals surface area contributed by atoms with E-state index in [1.54, 1.807) is 0 Å². The van der Waals surface area contributed by atoms with E-state index in [1.165, 1.54) is 6.42 Å². The average molecular weight is 259 g/mol. The lowest BCUT2D eigenvalue weighted by molar-refractivity contribution is -0.121. The topological polar surface area (TPSA) is 35.6 Å². The first-order valence-corrected chi connectivity index (χ1v) is 7.12. The lowest BCUT2D eigenvalue weighted by atomic mass is 10.0. The van der Waals surface area contributed by atoms with Crippen LogP contribution in [0.4, 0.5) is 11.4 Å². The molecule has 3 rings (SSSR count). The van der Waals surface area contributed by atoms with Crippen LogP contribution in [0.15, 0.2) is 24.3 Å². The smallest absolute Gasteiger partial charge is 0.244 e. The second-order valence-electron chi connectivity index (χ2n) is 5.40. The van der Waals surface area contributed by atoms with E-state index in [2.05, 4.69) is 23.3 Å². The van der Waals surface area contributed by atoms with Gasteiger partial charge in [0.15, 0.2) is 0 Å². The molecule has 0 aromatic heterocycles. The molecule has 1 aromatic rings. The maximum atomic E-state index is 12.7. The SMILES string of the molecule is CN1CCN(C(=O)C2CCCCN2)c2ccccc21. The summed E-state index contributed by atoms with van der Waals surface area (Å²) in [7, 11) is 2.08. The molecule has 0 saturated carbocycles. The summed E-state index contributed by atoms with van der Waals surface area (Å²) in [4.78, 5) is 16.8. The quantitative estimate of drug-likeness (QED) is 0.832. The van der Waals surface area contributed by atoms with Crippen molar-refractivity contribution in [1.29, 1.82) is 0 Å². The maximum absolute atomic E-state index is 12.7. The number of likely N-dealkylation sites (N-methyl/N-ethyl adjacent to an activating group) is 1. The Bertz CT molecular complexity index is 468. The van der Waals surface area contributed by atoms with E-state index in [9.17, 15) is 4.79 Å². The van der Waals surface area contributed by atoms with Crippen LogP contribution < -0.4 is 15.1 Å². The van der Waals surface area contributed by atoms with Crippen molar-refractivity contribution < 1.29 is 4.79 Å². The Hall–Kier alpha value is -1.55. The van der Waals surface area contributed by atoms with Gasteiger partial charge in [-0.15, -0.1) is 0 Å². The molecule has 102 valence electrons. The highest BCUT2D eigenvalue weighted by molar-refractivity contribution is 6.00. The standard InChI is InChI=1S/C15H21N3O/c1-17-10-11-18(14-8-3-2-7-13(14)17)15(19)12-6-4-5-9-16-12/h2-3,7-8,12,16H,4-6,9-11H2,1H3. The summed E-state index contributed by atoms with van der Waals surface area (Å²) in [5.74, 6) is 0.236. The van der Waals surface area contributed by atoms with Crippen molar-refractivity contribution in [3.05, 3.63) is 24.3 Å². The first-order valence-electron chi connectivity index (χ1n) is 7.12. The van der Waals surface area contributed by atoms with Crippen LogP contribution in [0.5, 0.6) is 0 Å². The normalized spacial score (nSPS) is 23.1. The molecular formula is C15H21N3O. The van der Waals surface area contributed by atoms with Crippen molar-refractivity contribution >= 4 is 17.3 Å². The minimum Gasteiger partial charge on any atom is -0.371 e. The van der Waals surface area contributed by atoms with Crippen LogP contribution in [0.25, 0.3) is 0 Å². The van der Waals surface area contributed by atoms with Crippen molar-refractivity contribution in [3.63, 3.8) is 0 Å². The molecule has 0 radical (unpaired) electrons. The predicted molar refractivity (Wildman–Crippen MR) is 77.7 cm³/mol. The van der Waals surface area contributed by atoms with Gasteiger partial charge in [0.25, 0.3) is 0 Å². The van der Waals surface area contributed by atoms with Gasteiger partial charge in [-0.3, -0.25) is 4.79 Å². The largest absolute Gasteiger partial charge is 0.371 e. The zero-order valence-corrected chi connectivity index (χ0v) is 11.4. The van der Waals surface area contributed by atoms with Crippen LogP contribution >= 0.6 is 0 Å². The Morgan fingerprint density at radius 2 is 2.00 bits per heavy atom. The summed E-state index contributed by atoms with van der Waals surface area (Å²) >= 11 is 0.